The molecule has 6 atom stereocenters. The zero-order chi connectivity index (χ0) is 48.2. The van der Waals surface area contributed by atoms with E-state index in [0.717, 1.165) is 11.1 Å². The minimum atomic E-state index is -1.19. The Morgan fingerprint density at radius 3 is 1.05 bits per heavy atom. The average Bonchev–Trinajstić information content (AvgIpc) is 3.29. The summed E-state index contributed by atoms with van der Waals surface area (Å²) in [4.78, 5) is 103. The van der Waals surface area contributed by atoms with Gasteiger partial charge in [-0.05, 0) is 73.2 Å². The lowest BCUT2D eigenvalue weighted by Crippen LogP contribution is -2.61. The van der Waals surface area contributed by atoms with Gasteiger partial charge in [0, 0.05) is 12.8 Å². The van der Waals surface area contributed by atoms with Crippen molar-refractivity contribution in [3.8, 4) is 11.5 Å². The molecule has 4 rings (SSSR count). The van der Waals surface area contributed by atoms with E-state index in [2.05, 4.69) is 42.8 Å². The number of phenolic OH excluding ortho intramolecular Hbond substituents is 2. The minimum absolute atomic E-state index is 0.0234. The number of aromatic hydroxyl groups is 2. The van der Waals surface area contributed by atoms with E-state index in [1.54, 1.807) is 84.9 Å². The number of hydrogen-bond acceptors (Lipinski definition) is 12. The van der Waals surface area contributed by atoms with Gasteiger partial charge in [-0.1, -0.05) is 84.9 Å². The van der Waals surface area contributed by atoms with E-state index in [9.17, 15) is 48.6 Å². The largest absolute Gasteiger partial charge is 0.508 e. The molecule has 4 aromatic carbocycles. The van der Waals surface area contributed by atoms with Crippen LogP contribution in [0.5, 0.6) is 11.5 Å². The van der Waals surface area contributed by atoms with Gasteiger partial charge in [0.25, 0.3) is 0 Å². The Hall–Kier alpha value is -7.84. The van der Waals surface area contributed by atoms with Crippen molar-refractivity contribution < 1.29 is 48.6 Å². The lowest BCUT2D eigenvalue weighted by molar-refractivity contribution is -0.132. The van der Waals surface area contributed by atoms with Crippen molar-refractivity contribution in [1.82, 2.24) is 42.8 Å². The molecular formula is C46H56N10O10. The fourth-order valence-electron chi connectivity index (χ4n) is 6.39. The van der Waals surface area contributed by atoms with Crippen LogP contribution in [0.3, 0.4) is 0 Å². The first-order chi connectivity index (χ1) is 31.5. The highest BCUT2D eigenvalue weighted by Crippen LogP contribution is 2.14. The number of rotatable bonds is 25. The zero-order valence-electron chi connectivity index (χ0n) is 36.4. The number of primary amides is 2. The molecule has 350 valence electrons. The maximum atomic E-state index is 13.8. The Kier molecular flexibility index (Phi) is 19.6. The van der Waals surface area contributed by atoms with Crippen LogP contribution >= 0.6 is 0 Å². The number of nitrogens with one attached hydrogen (secondary N) is 8. The summed E-state index contributed by atoms with van der Waals surface area (Å²) in [7, 11) is 0. The summed E-state index contributed by atoms with van der Waals surface area (Å²) in [6, 6.07) is 22.9. The van der Waals surface area contributed by atoms with Crippen LogP contribution in [-0.4, -0.2) is 107 Å². The number of carbonyl (C=O) groups is 8. The Bertz CT molecular complexity index is 2120. The topological polar surface area (TPSA) is 325 Å². The summed E-state index contributed by atoms with van der Waals surface area (Å²) < 4.78 is 0. The molecule has 14 N–H and O–H groups in total. The summed E-state index contributed by atoms with van der Waals surface area (Å²) in [5.74, 6) is -5.86. The van der Waals surface area contributed by atoms with E-state index in [-0.39, 0.29) is 37.2 Å². The Labute approximate surface area is 381 Å². The molecule has 0 fully saturated rings. The molecule has 0 radical (unpaired) electrons. The quantitative estimate of drug-likeness (QED) is 0.0334. The molecule has 0 aliphatic heterocycles. The van der Waals surface area contributed by atoms with Gasteiger partial charge in [-0.2, -0.15) is 0 Å². The number of amides is 8. The monoisotopic (exact) mass is 908 g/mol. The second-order valence-corrected chi connectivity index (χ2v) is 15.5. The Balaban J connectivity index is 1.39. The predicted octanol–water partition coefficient (Wildman–Crippen LogP) is -1.62. The molecule has 0 saturated heterocycles. The number of phenols is 2. The van der Waals surface area contributed by atoms with Gasteiger partial charge in [0.05, 0.1) is 13.1 Å². The maximum absolute atomic E-state index is 13.8. The van der Waals surface area contributed by atoms with Crippen molar-refractivity contribution in [2.75, 3.05) is 13.1 Å². The lowest BCUT2D eigenvalue weighted by atomic mass is 10.0. The van der Waals surface area contributed by atoms with E-state index < -0.39 is 96.6 Å². The molecule has 8 amide bonds. The molecule has 0 heterocycles. The van der Waals surface area contributed by atoms with E-state index in [1.165, 1.54) is 38.1 Å². The number of benzene rings is 4. The molecule has 20 nitrogen and oxygen atoms in total. The van der Waals surface area contributed by atoms with Crippen LogP contribution in [0.15, 0.2) is 109 Å². The molecule has 4 aromatic rings. The van der Waals surface area contributed by atoms with Gasteiger partial charge in [0.15, 0.2) is 0 Å². The van der Waals surface area contributed by atoms with Gasteiger partial charge in [0.1, 0.15) is 47.8 Å². The van der Waals surface area contributed by atoms with Crippen molar-refractivity contribution in [1.29, 1.82) is 0 Å². The molecule has 0 bridgehead atoms. The Morgan fingerprint density at radius 1 is 0.424 bits per heavy atom. The number of hydrazine groups is 1. The van der Waals surface area contributed by atoms with Crippen LogP contribution in [0.2, 0.25) is 0 Å². The number of nitrogens with two attached hydrogens (primary N) is 2. The van der Waals surface area contributed by atoms with E-state index in [0.29, 0.717) is 11.1 Å². The number of hydrogen-bond donors (Lipinski definition) is 12. The normalized spacial score (nSPS) is 13.5. The van der Waals surface area contributed by atoms with Crippen LogP contribution < -0.4 is 54.2 Å². The van der Waals surface area contributed by atoms with Crippen LogP contribution in [-0.2, 0) is 64.0 Å². The smallest absolute Gasteiger partial charge is 0.242 e. The highest BCUT2D eigenvalue weighted by atomic mass is 16.3. The molecule has 0 saturated carbocycles. The summed E-state index contributed by atoms with van der Waals surface area (Å²) >= 11 is 0. The summed E-state index contributed by atoms with van der Waals surface area (Å²) in [6.07, 6.45) is 0.217. The first-order valence-electron chi connectivity index (χ1n) is 21.0. The Morgan fingerprint density at radius 2 is 0.727 bits per heavy atom. The standard InChI is InChI=1S/C46H56N10O10/c1-27(43(63)49-25-39(59)53-35(41(47)61)21-29-9-5-3-6-10-29)51-45(65)37(23-31-13-17-33(57)18-14-31)55-56-38(24-32-15-19-34(58)20-16-32)46(66)52-28(2)44(64)50-26-40(60)54-36(42(48)62)22-30-11-7-4-8-12-30/h3-20,27-28,35-38,55-58H,21-26H2,1-2H3,(H2,47,61)(H2,48,62)(H,49,63)(H,50,64)(H,51,65)(H,52,66)(H,53,59)(H,54,60)/t27-,28-,35+,36+,37+,38+/m1/s1. The van der Waals surface area contributed by atoms with E-state index >= 15 is 0 Å². The third-order valence-corrected chi connectivity index (χ3v) is 10.1. The molecule has 0 spiro atoms. The summed E-state index contributed by atoms with van der Waals surface area (Å²) in [5.41, 5.74) is 19.4. The maximum Gasteiger partial charge on any atom is 0.242 e. The van der Waals surface area contributed by atoms with Crippen LogP contribution in [0.25, 0.3) is 0 Å². The van der Waals surface area contributed by atoms with Gasteiger partial charge in [-0.25, -0.2) is 10.9 Å². The van der Waals surface area contributed by atoms with Crippen molar-refractivity contribution >= 4 is 47.3 Å². The third-order valence-electron chi connectivity index (χ3n) is 10.1. The fourth-order valence-corrected chi connectivity index (χ4v) is 6.39. The second kappa shape index (κ2) is 25.5. The predicted molar refractivity (Wildman–Crippen MR) is 241 cm³/mol. The lowest BCUT2D eigenvalue weighted by Gasteiger charge is -2.26. The van der Waals surface area contributed by atoms with Gasteiger partial charge in [0.2, 0.25) is 47.3 Å². The van der Waals surface area contributed by atoms with Gasteiger partial charge in [-0.3, -0.25) is 38.4 Å². The first kappa shape index (κ1) is 50.8. The van der Waals surface area contributed by atoms with E-state index in [4.69, 9.17) is 11.5 Å². The molecule has 20 heteroatoms. The minimum Gasteiger partial charge on any atom is -0.508 e. The number of carbonyl (C=O) groups excluding carboxylic acids is 8. The van der Waals surface area contributed by atoms with Gasteiger partial charge >= 0.3 is 0 Å². The van der Waals surface area contributed by atoms with Crippen molar-refractivity contribution in [2.24, 2.45) is 11.5 Å². The fraction of sp³-hybridized carbons (Fsp3) is 0.304. The highest BCUT2D eigenvalue weighted by molar-refractivity contribution is 5.94. The molecular weight excluding hydrogens is 853 g/mol. The summed E-state index contributed by atoms with van der Waals surface area (Å²) in [6.45, 7) is 1.71. The first-order valence-corrected chi connectivity index (χ1v) is 21.0. The van der Waals surface area contributed by atoms with Crippen molar-refractivity contribution in [2.45, 2.75) is 75.8 Å². The second-order valence-electron chi connectivity index (χ2n) is 15.5. The van der Waals surface area contributed by atoms with Crippen molar-refractivity contribution in [3.05, 3.63) is 131 Å². The molecule has 0 aliphatic carbocycles. The summed E-state index contributed by atoms with van der Waals surface area (Å²) in [5, 5.41) is 34.7. The van der Waals surface area contributed by atoms with Crippen LogP contribution in [0, 0.1) is 0 Å². The molecule has 0 unspecified atom stereocenters. The van der Waals surface area contributed by atoms with E-state index in [1.807, 2.05) is 0 Å². The van der Waals surface area contributed by atoms with Gasteiger partial charge < -0.3 is 53.6 Å². The van der Waals surface area contributed by atoms with Crippen LogP contribution in [0.1, 0.15) is 36.1 Å². The van der Waals surface area contributed by atoms with Gasteiger partial charge in [-0.15, -0.1) is 0 Å². The third kappa shape index (κ3) is 17.4. The highest BCUT2D eigenvalue weighted by Gasteiger charge is 2.29. The van der Waals surface area contributed by atoms with Crippen molar-refractivity contribution in [3.63, 3.8) is 0 Å². The zero-order valence-corrected chi connectivity index (χ0v) is 36.4. The average molecular weight is 909 g/mol. The SMILES string of the molecule is C[C@@H](NC(=O)[C@H](Cc1ccc(O)cc1)NN[C@@H](Cc1ccc(O)cc1)C(=O)N[C@H](C)C(=O)NCC(=O)N[C@@H](Cc1ccccc1)C(N)=O)C(=O)NCC(=O)N[C@@H](Cc1ccccc1)C(N)=O. The molecule has 0 aliphatic rings. The molecule has 66 heavy (non-hydrogen) atoms. The van der Waals surface area contributed by atoms with Crippen LogP contribution in [0.4, 0.5) is 0 Å². The molecule has 0 aromatic heterocycles.